The van der Waals surface area contributed by atoms with Gasteiger partial charge in [-0.2, -0.15) is 0 Å². The maximum atomic E-state index is 12.5. The molecule has 1 fully saturated rings. The summed E-state index contributed by atoms with van der Waals surface area (Å²) in [4.78, 5) is 38.4. The fourth-order valence-corrected chi connectivity index (χ4v) is 3.49. The van der Waals surface area contributed by atoms with Crippen LogP contribution in [-0.2, 0) is 9.59 Å². The minimum Gasteiger partial charge on any atom is -0.324 e. The molecule has 0 aromatic heterocycles. The average Bonchev–Trinajstić information content (AvgIpc) is 2.87. The highest BCUT2D eigenvalue weighted by atomic mass is 32.2. The van der Waals surface area contributed by atoms with Crippen molar-refractivity contribution in [1.29, 1.82) is 0 Å². The number of anilines is 1. The van der Waals surface area contributed by atoms with Gasteiger partial charge in [0, 0.05) is 5.69 Å². The van der Waals surface area contributed by atoms with Crippen molar-refractivity contribution in [2.45, 2.75) is 20.8 Å². The highest BCUT2D eigenvalue weighted by Gasteiger charge is 2.36. The summed E-state index contributed by atoms with van der Waals surface area (Å²) in [5, 5.41) is 2.34. The molecule has 0 atom stereocenters. The molecule has 0 bridgehead atoms. The Hall–Kier alpha value is -2.86. The molecule has 2 aromatic carbocycles. The summed E-state index contributed by atoms with van der Waals surface area (Å²) < 4.78 is 0. The standard InChI is InChI=1S/C21H20N2O3S/c1-13-5-8-16(9-6-13)11-18-20(25)23(21(26)27-18)12-19(24)22-17-10-14(2)4-7-15(17)3/h4-11H,12H2,1-3H3,(H,22,24)/b18-11-. The molecule has 0 spiro atoms. The predicted octanol–water partition coefficient (Wildman–Crippen LogP) is 4.29. The molecule has 1 aliphatic heterocycles. The second-order valence-electron chi connectivity index (χ2n) is 6.55. The number of nitrogens with zero attached hydrogens (tertiary/aromatic N) is 1. The first-order valence-corrected chi connectivity index (χ1v) is 9.34. The number of benzene rings is 2. The van der Waals surface area contributed by atoms with Gasteiger partial charge in [0.25, 0.3) is 11.1 Å². The molecule has 5 nitrogen and oxygen atoms in total. The first-order valence-electron chi connectivity index (χ1n) is 8.52. The molecule has 0 radical (unpaired) electrons. The van der Waals surface area contributed by atoms with E-state index < -0.39 is 17.1 Å². The van der Waals surface area contributed by atoms with E-state index in [1.54, 1.807) is 6.08 Å². The van der Waals surface area contributed by atoms with Crippen LogP contribution in [0.3, 0.4) is 0 Å². The van der Waals surface area contributed by atoms with Crippen molar-refractivity contribution in [2.24, 2.45) is 0 Å². The van der Waals surface area contributed by atoms with Gasteiger partial charge in [0.1, 0.15) is 6.54 Å². The Balaban J connectivity index is 1.71. The van der Waals surface area contributed by atoms with E-state index in [0.717, 1.165) is 38.9 Å². The van der Waals surface area contributed by atoms with Crippen molar-refractivity contribution >= 4 is 40.6 Å². The summed E-state index contributed by atoms with van der Waals surface area (Å²) >= 11 is 0.853. The molecule has 0 unspecified atom stereocenters. The summed E-state index contributed by atoms with van der Waals surface area (Å²) in [5.41, 5.74) is 4.57. The maximum Gasteiger partial charge on any atom is 0.294 e. The molecule has 1 N–H and O–H groups in total. The number of carbonyl (C=O) groups excluding carboxylic acids is 3. The smallest absolute Gasteiger partial charge is 0.294 e. The van der Waals surface area contributed by atoms with Crippen molar-refractivity contribution in [3.63, 3.8) is 0 Å². The Labute approximate surface area is 162 Å². The molecule has 1 heterocycles. The molecular weight excluding hydrogens is 360 g/mol. The average molecular weight is 380 g/mol. The zero-order valence-corrected chi connectivity index (χ0v) is 16.2. The molecule has 27 heavy (non-hydrogen) atoms. The molecule has 3 amide bonds. The molecular formula is C21H20N2O3S. The van der Waals surface area contributed by atoms with Gasteiger partial charge in [-0.05, 0) is 61.4 Å². The van der Waals surface area contributed by atoms with Crippen molar-refractivity contribution in [1.82, 2.24) is 4.90 Å². The van der Waals surface area contributed by atoms with Crippen LogP contribution in [0.15, 0.2) is 47.4 Å². The first-order chi connectivity index (χ1) is 12.8. The van der Waals surface area contributed by atoms with Crippen molar-refractivity contribution < 1.29 is 14.4 Å². The maximum absolute atomic E-state index is 12.5. The zero-order valence-electron chi connectivity index (χ0n) is 15.4. The SMILES string of the molecule is Cc1ccc(/C=C2\SC(=O)N(CC(=O)Nc3cc(C)ccc3C)C2=O)cc1. The molecule has 1 aliphatic rings. The van der Waals surface area contributed by atoms with E-state index in [0.29, 0.717) is 10.6 Å². The third kappa shape index (κ3) is 4.46. The lowest BCUT2D eigenvalue weighted by molar-refractivity contribution is -0.127. The lowest BCUT2D eigenvalue weighted by atomic mass is 10.1. The molecule has 0 saturated carbocycles. The third-order valence-electron chi connectivity index (χ3n) is 4.22. The second kappa shape index (κ2) is 7.80. The zero-order chi connectivity index (χ0) is 19.6. The Morgan fingerprint density at radius 1 is 1.04 bits per heavy atom. The Morgan fingerprint density at radius 3 is 2.41 bits per heavy atom. The van der Waals surface area contributed by atoms with Crippen molar-refractivity contribution in [3.8, 4) is 0 Å². The van der Waals surface area contributed by atoms with Gasteiger partial charge in [-0.25, -0.2) is 0 Å². The van der Waals surface area contributed by atoms with E-state index in [1.165, 1.54) is 0 Å². The summed E-state index contributed by atoms with van der Waals surface area (Å²) in [6.45, 7) is 5.50. The van der Waals surface area contributed by atoms with Gasteiger partial charge in [-0.1, -0.05) is 42.0 Å². The fraction of sp³-hybridized carbons (Fsp3) is 0.190. The van der Waals surface area contributed by atoms with E-state index in [4.69, 9.17) is 0 Å². The monoisotopic (exact) mass is 380 g/mol. The fourth-order valence-electron chi connectivity index (χ4n) is 2.65. The van der Waals surface area contributed by atoms with Crippen LogP contribution < -0.4 is 5.32 Å². The number of thioether (sulfide) groups is 1. The van der Waals surface area contributed by atoms with Gasteiger partial charge < -0.3 is 5.32 Å². The minimum atomic E-state index is -0.443. The van der Waals surface area contributed by atoms with E-state index in [-0.39, 0.29) is 6.54 Å². The van der Waals surface area contributed by atoms with Crippen LogP contribution in [-0.4, -0.2) is 28.5 Å². The van der Waals surface area contributed by atoms with Crippen LogP contribution in [0.2, 0.25) is 0 Å². The van der Waals surface area contributed by atoms with E-state index in [1.807, 2.05) is 63.2 Å². The summed E-state index contributed by atoms with van der Waals surface area (Å²) in [5.74, 6) is -0.843. The third-order valence-corrected chi connectivity index (χ3v) is 5.12. The molecule has 3 rings (SSSR count). The molecule has 1 saturated heterocycles. The molecule has 6 heteroatoms. The number of rotatable bonds is 4. The number of amides is 3. The Bertz CT molecular complexity index is 948. The van der Waals surface area contributed by atoms with Crippen LogP contribution in [0.4, 0.5) is 10.5 Å². The highest BCUT2D eigenvalue weighted by molar-refractivity contribution is 8.18. The van der Waals surface area contributed by atoms with E-state index in [2.05, 4.69) is 5.32 Å². The Kier molecular flexibility index (Phi) is 5.46. The van der Waals surface area contributed by atoms with Crippen molar-refractivity contribution in [2.75, 3.05) is 11.9 Å². The number of hydrogen-bond donors (Lipinski definition) is 1. The number of imide groups is 1. The van der Waals surface area contributed by atoms with Gasteiger partial charge >= 0.3 is 0 Å². The van der Waals surface area contributed by atoms with Gasteiger partial charge in [-0.3, -0.25) is 19.3 Å². The van der Waals surface area contributed by atoms with Crippen LogP contribution in [0.5, 0.6) is 0 Å². The summed E-state index contributed by atoms with van der Waals surface area (Å²) in [6.07, 6.45) is 1.67. The van der Waals surface area contributed by atoms with Crippen molar-refractivity contribution in [3.05, 3.63) is 69.6 Å². The summed E-state index contributed by atoms with van der Waals surface area (Å²) in [6, 6.07) is 13.4. The first kappa shape index (κ1) is 18.9. The molecule has 138 valence electrons. The van der Waals surface area contributed by atoms with Gasteiger partial charge in [0.15, 0.2) is 0 Å². The van der Waals surface area contributed by atoms with Crippen LogP contribution in [0.25, 0.3) is 6.08 Å². The quantitative estimate of drug-likeness (QED) is 0.804. The number of carbonyl (C=O) groups is 3. The Morgan fingerprint density at radius 2 is 1.70 bits per heavy atom. The van der Waals surface area contributed by atoms with Gasteiger partial charge in [0.05, 0.1) is 4.91 Å². The van der Waals surface area contributed by atoms with E-state index in [9.17, 15) is 14.4 Å². The molecule has 0 aliphatic carbocycles. The largest absolute Gasteiger partial charge is 0.324 e. The minimum absolute atomic E-state index is 0.302. The van der Waals surface area contributed by atoms with Crippen LogP contribution in [0.1, 0.15) is 22.3 Å². The second-order valence-corrected chi connectivity index (χ2v) is 7.54. The number of hydrogen-bond acceptors (Lipinski definition) is 4. The van der Waals surface area contributed by atoms with Gasteiger partial charge in [0.2, 0.25) is 5.91 Å². The molecule has 2 aromatic rings. The lowest BCUT2D eigenvalue weighted by Crippen LogP contribution is -2.36. The number of nitrogens with one attached hydrogen (secondary N) is 1. The number of aryl methyl sites for hydroxylation is 3. The lowest BCUT2D eigenvalue weighted by Gasteiger charge is -2.14. The van der Waals surface area contributed by atoms with E-state index >= 15 is 0 Å². The summed E-state index contributed by atoms with van der Waals surface area (Å²) in [7, 11) is 0. The van der Waals surface area contributed by atoms with Crippen LogP contribution in [0, 0.1) is 20.8 Å². The predicted molar refractivity (Wildman–Crippen MR) is 108 cm³/mol. The van der Waals surface area contributed by atoms with Gasteiger partial charge in [-0.15, -0.1) is 0 Å². The van der Waals surface area contributed by atoms with Crippen LogP contribution >= 0.6 is 11.8 Å². The highest BCUT2D eigenvalue weighted by Crippen LogP contribution is 2.32. The normalized spacial score (nSPS) is 15.5. The topological polar surface area (TPSA) is 66.5 Å².